The number of benzene rings is 1. The third-order valence-electron chi connectivity index (χ3n) is 4.90. The zero-order chi connectivity index (χ0) is 21.2. The number of hydrogen-bond acceptors (Lipinski definition) is 3. The fourth-order valence-electron chi connectivity index (χ4n) is 3.29. The molecule has 0 aliphatic rings. The molecule has 0 heterocycles. The first-order chi connectivity index (χ1) is 14.2. The summed E-state index contributed by atoms with van der Waals surface area (Å²) in [5.41, 5.74) is 2.05. The maximum atomic E-state index is 11.5. The summed E-state index contributed by atoms with van der Waals surface area (Å²) in [5.74, 6) is 0.591. The zero-order valence-corrected chi connectivity index (χ0v) is 18.6. The molecule has 1 aromatic carbocycles. The van der Waals surface area contributed by atoms with Gasteiger partial charge in [0.1, 0.15) is 5.75 Å². The van der Waals surface area contributed by atoms with E-state index in [1.807, 2.05) is 24.3 Å². The molecule has 0 saturated heterocycles. The summed E-state index contributed by atoms with van der Waals surface area (Å²) >= 11 is 0. The summed E-state index contributed by atoms with van der Waals surface area (Å²) in [6, 6.07) is 6.00. The van der Waals surface area contributed by atoms with Gasteiger partial charge in [-0.2, -0.15) is 0 Å². The quantitative estimate of drug-likeness (QED) is 0.119. The largest absolute Gasteiger partial charge is 0.493 e. The molecule has 0 fully saturated rings. The summed E-state index contributed by atoms with van der Waals surface area (Å²) in [4.78, 5) is 11.5. The molecule has 0 N–H and O–H groups in total. The van der Waals surface area contributed by atoms with Gasteiger partial charge in [-0.05, 0) is 49.1 Å². The number of esters is 1. The Bertz CT molecular complexity index is 604. The van der Waals surface area contributed by atoms with Crippen molar-refractivity contribution in [3.05, 3.63) is 48.1 Å². The Morgan fingerprint density at radius 1 is 0.966 bits per heavy atom. The number of allylic oxidation sites excluding steroid dienone is 1. The van der Waals surface area contributed by atoms with Crippen LogP contribution in [0.2, 0.25) is 0 Å². The van der Waals surface area contributed by atoms with Crippen molar-refractivity contribution in [1.82, 2.24) is 0 Å². The van der Waals surface area contributed by atoms with E-state index in [1.54, 1.807) is 13.0 Å². The van der Waals surface area contributed by atoms with Crippen LogP contribution in [-0.4, -0.2) is 19.2 Å². The lowest BCUT2D eigenvalue weighted by atomic mass is 10.1. The highest BCUT2D eigenvalue weighted by atomic mass is 16.5. The topological polar surface area (TPSA) is 35.5 Å². The summed E-state index contributed by atoms with van der Waals surface area (Å²) in [6.07, 6.45) is 19.1. The van der Waals surface area contributed by atoms with Crippen molar-refractivity contribution in [2.45, 2.75) is 84.5 Å². The predicted molar refractivity (Wildman–Crippen MR) is 123 cm³/mol. The van der Waals surface area contributed by atoms with Crippen molar-refractivity contribution in [2.75, 3.05) is 13.2 Å². The van der Waals surface area contributed by atoms with Gasteiger partial charge in [0.15, 0.2) is 0 Å². The third kappa shape index (κ3) is 12.2. The molecule has 0 aliphatic heterocycles. The van der Waals surface area contributed by atoms with Crippen molar-refractivity contribution < 1.29 is 14.3 Å². The number of carbonyl (C=O) groups excluding carboxylic acids is 1. The highest BCUT2D eigenvalue weighted by Gasteiger charge is 2.04. The lowest BCUT2D eigenvalue weighted by Gasteiger charge is -2.11. The second kappa shape index (κ2) is 16.9. The third-order valence-corrected chi connectivity index (χ3v) is 4.90. The maximum Gasteiger partial charge on any atom is 0.330 e. The van der Waals surface area contributed by atoms with E-state index in [2.05, 4.69) is 13.5 Å². The maximum absolute atomic E-state index is 11.5. The van der Waals surface area contributed by atoms with Crippen molar-refractivity contribution in [2.24, 2.45) is 0 Å². The summed E-state index contributed by atoms with van der Waals surface area (Å²) in [7, 11) is 0. The second-order valence-corrected chi connectivity index (χ2v) is 7.48. The highest BCUT2D eigenvalue weighted by molar-refractivity contribution is 5.87. The number of ether oxygens (including phenoxy) is 2. The number of rotatable bonds is 17. The first-order valence-corrected chi connectivity index (χ1v) is 11.4. The van der Waals surface area contributed by atoms with E-state index in [-0.39, 0.29) is 5.97 Å². The molecule has 1 aromatic rings. The van der Waals surface area contributed by atoms with E-state index >= 15 is 0 Å². The Balaban J connectivity index is 2.32. The molecular weight excluding hydrogens is 360 g/mol. The number of hydrogen-bond donors (Lipinski definition) is 0. The van der Waals surface area contributed by atoms with Gasteiger partial charge in [-0.1, -0.05) is 76.9 Å². The molecule has 0 aliphatic carbocycles. The van der Waals surface area contributed by atoms with E-state index in [0.29, 0.717) is 6.61 Å². The van der Waals surface area contributed by atoms with Crippen LogP contribution in [0.1, 0.15) is 89.2 Å². The van der Waals surface area contributed by atoms with Gasteiger partial charge in [-0.15, -0.1) is 6.58 Å². The number of unbranched alkanes of at least 4 members (excludes halogenated alkanes) is 9. The molecule has 0 spiro atoms. The molecular formula is C26H40O3. The first-order valence-electron chi connectivity index (χ1n) is 11.4. The smallest absolute Gasteiger partial charge is 0.330 e. The van der Waals surface area contributed by atoms with Crippen molar-refractivity contribution >= 4 is 12.0 Å². The molecule has 0 atom stereocenters. The fourth-order valence-corrected chi connectivity index (χ4v) is 3.29. The van der Waals surface area contributed by atoms with Gasteiger partial charge < -0.3 is 9.47 Å². The van der Waals surface area contributed by atoms with E-state index in [9.17, 15) is 4.79 Å². The van der Waals surface area contributed by atoms with Crippen LogP contribution in [0.5, 0.6) is 5.75 Å². The van der Waals surface area contributed by atoms with E-state index in [1.165, 1.54) is 63.9 Å². The Morgan fingerprint density at radius 3 is 2.24 bits per heavy atom. The van der Waals surface area contributed by atoms with E-state index < -0.39 is 0 Å². The Kier molecular flexibility index (Phi) is 14.6. The molecule has 1 rings (SSSR count). The molecule has 0 aromatic heterocycles. The average Bonchev–Trinajstić information content (AvgIpc) is 2.72. The minimum absolute atomic E-state index is 0.320. The van der Waals surface area contributed by atoms with Crippen LogP contribution in [0.15, 0.2) is 36.9 Å². The molecule has 0 saturated carbocycles. The Labute approximate surface area is 178 Å². The molecule has 3 nitrogen and oxygen atoms in total. The number of carbonyl (C=O) groups is 1. The van der Waals surface area contributed by atoms with Crippen LogP contribution < -0.4 is 4.74 Å². The van der Waals surface area contributed by atoms with Crippen molar-refractivity contribution in [3.63, 3.8) is 0 Å². The molecule has 0 unspecified atom stereocenters. The van der Waals surface area contributed by atoms with Crippen LogP contribution in [-0.2, 0) is 16.0 Å². The fraction of sp³-hybridized carbons (Fsp3) is 0.577. The molecule has 162 valence electrons. The average molecular weight is 401 g/mol. The van der Waals surface area contributed by atoms with Crippen LogP contribution >= 0.6 is 0 Å². The molecule has 0 radical (unpaired) electrons. The summed E-state index contributed by atoms with van der Waals surface area (Å²) < 4.78 is 10.9. The summed E-state index contributed by atoms with van der Waals surface area (Å²) in [5, 5.41) is 0. The normalized spacial score (nSPS) is 11.0. The first kappa shape index (κ1) is 25.0. The molecule has 0 bridgehead atoms. The van der Waals surface area contributed by atoms with Crippen LogP contribution in [0.25, 0.3) is 6.08 Å². The predicted octanol–water partition coefficient (Wildman–Crippen LogP) is 7.29. The monoisotopic (exact) mass is 400 g/mol. The lowest BCUT2D eigenvalue weighted by molar-refractivity contribution is -0.137. The van der Waals surface area contributed by atoms with Gasteiger partial charge >= 0.3 is 5.97 Å². The highest BCUT2D eigenvalue weighted by Crippen LogP contribution is 2.22. The zero-order valence-electron chi connectivity index (χ0n) is 18.6. The van der Waals surface area contributed by atoms with Gasteiger partial charge in [0.2, 0.25) is 0 Å². The van der Waals surface area contributed by atoms with Gasteiger partial charge in [0.05, 0.1) is 13.2 Å². The summed E-state index contributed by atoms with van der Waals surface area (Å²) in [6.45, 7) is 9.04. The van der Waals surface area contributed by atoms with Crippen LogP contribution in [0, 0.1) is 0 Å². The van der Waals surface area contributed by atoms with Crippen LogP contribution in [0.3, 0.4) is 0 Å². The Morgan fingerprint density at radius 2 is 1.62 bits per heavy atom. The minimum atomic E-state index is -0.320. The van der Waals surface area contributed by atoms with Crippen molar-refractivity contribution in [3.8, 4) is 5.75 Å². The van der Waals surface area contributed by atoms with Crippen molar-refractivity contribution in [1.29, 1.82) is 0 Å². The van der Waals surface area contributed by atoms with Gasteiger partial charge in [-0.25, -0.2) is 4.79 Å². The van der Waals surface area contributed by atoms with Gasteiger partial charge in [0, 0.05) is 6.08 Å². The van der Waals surface area contributed by atoms with Gasteiger partial charge in [0.25, 0.3) is 0 Å². The van der Waals surface area contributed by atoms with Gasteiger partial charge in [-0.3, -0.25) is 0 Å². The minimum Gasteiger partial charge on any atom is -0.493 e. The molecule has 29 heavy (non-hydrogen) atoms. The SMILES string of the molecule is C=CCc1cc(C=CC(=O)OCC)ccc1OCCCCCCCCCCCC. The second-order valence-electron chi connectivity index (χ2n) is 7.48. The van der Waals surface area contributed by atoms with E-state index in [0.717, 1.165) is 36.3 Å². The van der Waals surface area contributed by atoms with E-state index in [4.69, 9.17) is 9.47 Å². The van der Waals surface area contributed by atoms with Crippen LogP contribution in [0.4, 0.5) is 0 Å². The lowest BCUT2D eigenvalue weighted by Crippen LogP contribution is -2.01. The Hall–Kier alpha value is -2.03. The molecule has 0 amide bonds. The molecule has 3 heteroatoms. The standard InChI is InChI=1S/C26H40O3/c1-4-7-8-9-10-11-12-13-14-15-21-29-25-19-17-23(22-24(25)16-5-2)18-20-26(27)28-6-3/h5,17-20,22H,2,4,6-16,21H2,1,3H3.